The minimum atomic E-state index is -0.204. The van der Waals surface area contributed by atoms with E-state index in [4.69, 9.17) is 4.74 Å². The maximum absolute atomic E-state index is 12.9. The average molecular weight is 384 g/mol. The highest BCUT2D eigenvalue weighted by molar-refractivity contribution is 5.94. The summed E-state index contributed by atoms with van der Waals surface area (Å²) in [6, 6.07) is 22.8. The topological polar surface area (TPSA) is 69.0 Å². The Hall–Kier alpha value is -3.93. The van der Waals surface area contributed by atoms with Crippen LogP contribution in [-0.2, 0) is 6.54 Å². The first-order chi connectivity index (χ1) is 14.2. The van der Waals surface area contributed by atoms with Gasteiger partial charge < -0.3 is 10.1 Å². The van der Waals surface area contributed by atoms with Gasteiger partial charge in [0.25, 0.3) is 5.91 Å². The van der Waals surface area contributed by atoms with Crippen LogP contribution in [0.25, 0.3) is 16.9 Å². The molecule has 0 aliphatic carbocycles. The van der Waals surface area contributed by atoms with Crippen LogP contribution in [0.15, 0.2) is 85.2 Å². The van der Waals surface area contributed by atoms with Crippen LogP contribution in [0.3, 0.4) is 0 Å². The van der Waals surface area contributed by atoms with Crippen LogP contribution in [0.1, 0.15) is 16.1 Å². The largest absolute Gasteiger partial charge is 0.497 e. The summed E-state index contributed by atoms with van der Waals surface area (Å²) < 4.78 is 6.89. The quantitative estimate of drug-likeness (QED) is 0.548. The molecule has 0 atom stereocenters. The van der Waals surface area contributed by atoms with Gasteiger partial charge in [0.05, 0.1) is 18.5 Å². The number of nitrogens with one attached hydrogen (secondary N) is 1. The highest BCUT2D eigenvalue weighted by atomic mass is 16.5. The van der Waals surface area contributed by atoms with Crippen LogP contribution in [-0.4, -0.2) is 27.8 Å². The molecule has 0 spiro atoms. The number of rotatable bonds is 6. The van der Waals surface area contributed by atoms with E-state index in [-0.39, 0.29) is 5.91 Å². The summed E-state index contributed by atoms with van der Waals surface area (Å²) in [5.74, 6) is 0.565. The van der Waals surface area contributed by atoms with E-state index in [9.17, 15) is 4.79 Å². The summed E-state index contributed by atoms with van der Waals surface area (Å²) in [5, 5.41) is 7.63. The van der Waals surface area contributed by atoms with Crippen LogP contribution in [0, 0.1) is 0 Å². The van der Waals surface area contributed by atoms with Crippen molar-refractivity contribution in [3.8, 4) is 22.7 Å². The smallest absolute Gasteiger partial charge is 0.270 e. The lowest BCUT2D eigenvalue weighted by Gasteiger charge is -2.08. The number of benzene rings is 2. The molecule has 0 bridgehead atoms. The van der Waals surface area contributed by atoms with E-state index in [0.717, 1.165) is 22.6 Å². The summed E-state index contributed by atoms with van der Waals surface area (Å²) in [5.41, 5.74) is 3.83. The Morgan fingerprint density at radius 3 is 2.52 bits per heavy atom. The summed E-state index contributed by atoms with van der Waals surface area (Å²) >= 11 is 0. The first-order valence-corrected chi connectivity index (χ1v) is 9.21. The first-order valence-electron chi connectivity index (χ1n) is 9.21. The highest BCUT2D eigenvalue weighted by Crippen LogP contribution is 2.24. The van der Waals surface area contributed by atoms with Gasteiger partial charge in [-0.1, -0.05) is 24.3 Å². The van der Waals surface area contributed by atoms with E-state index in [2.05, 4.69) is 15.4 Å². The molecule has 0 unspecified atom stereocenters. The second kappa shape index (κ2) is 8.39. The van der Waals surface area contributed by atoms with Crippen LogP contribution < -0.4 is 10.1 Å². The van der Waals surface area contributed by atoms with Crippen molar-refractivity contribution in [2.75, 3.05) is 7.11 Å². The molecule has 144 valence electrons. The zero-order valence-corrected chi connectivity index (χ0v) is 15.9. The predicted molar refractivity (Wildman–Crippen MR) is 111 cm³/mol. The Labute approximate surface area is 168 Å². The van der Waals surface area contributed by atoms with Crippen molar-refractivity contribution in [3.05, 3.63) is 96.4 Å². The van der Waals surface area contributed by atoms with Crippen molar-refractivity contribution in [2.24, 2.45) is 0 Å². The molecule has 29 heavy (non-hydrogen) atoms. The van der Waals surface area contributed by atoms with Crippen molar-refractivity contribution in [3.63, 3.8) is 0 Å². The van der Waals surface area contributed by atoms with Gasteiger partial charge in [-0.2, -0.15) is 5.10 Å². The minimum Gasteiger partial charge on any atom is -0.497 e. The fraction of sp³-hybridized carbons (Fsp3) is 0.0870. The van der Waals surface area contributed by atoms with Crippen LogP contribution in [0.2, 0.25) is 0 Å². The molecule has 0 fully saturated rings. The summed E-state index contributed by atoms with van der Waals surface area (Å²) in [4.78, 5) is 17.0. The van der Waals surface area contributed by atoms with Crippen molar-refractivity contribution >= 4 is 5.91 Å². The number of carbonyl (C=O) groups is 1. The number of aromatic nitrogens is 3. The monoisotopic (exact) mass is 384 g/mol. The third-order valence-electron chi connectivity index (χ3n) is 4.50. The fourth-order valence-corrected chi connectivity index (χ4v) is 2.99. The molecule has 6 heteroatoms. The molecule has 4 aromatic rings. The molecule has 2 heterocycles. The number of hydrogen-bond donors (Lipinski definition) is 1. The molecule has 2 aromatic heterocycles. The van der Waals surface area contributed by atoms with E-state index in [1.54, 1.807) is 30.3 Å². The Morgan fingerprint density at radius 1 is 1.03 bits per heavy atom. The molecule has 1 amide bonds. The molecule has 2 aromatic carbocycles. The molecular formula is C23H20N4O2. The first kappa shape index (κ1) is 18.4. The maximum Gasteiger partial charge on any atom is 0.270 e. The number of ether oxygens (including phenoxy) is 1. The minimum absolute atomic E-state index is 0.204. The Balaban J connectivity index is 1.67. The lowest BCUT2D eigenvalue weighted by molar-refractivity contribution is 0.0943. The van der Waals surface area contributed by atoms with Crippen LogP contribution in [0.5, 0.6) is 5.75 Å². The highest BCUT2D eigenvalue weighted by Gasteiger charge is 2.17. The third-order valence-corrected chi connectivity index (χ3v) is 4.50. The van der Waals surface area contributed by atoms with Gasteiger partial charge in [0.15, 0.2) is 0 Å². The Morgan fingerprint density at radius 2 is 1.83 bits per heavy atom. The normalized spacial score (nSPS) is 10.5. The molecule has 0 saturated heterocycles. The number of nitrogens with zero attached hydrogens (tertiary/aromatic N) is 3. The fourth-order valence-electron chi connectivity index (χ4n) is 2.99. The SMILES string of the molecule is COc1ccc(-c2cc(C(=O)NCc3cccnc3)n(-c3ccccc3)n2)cc1. The zero-order valence-electron chi connectivity index (χ0n) is 15.9. The van der Waals surface area contributed by atoms with E-state index in [0.29, 0.717) is 17.9 Å². The van der Waals surface area contributed by atoms with Gasteiger partial charge in [-0.05, 0) is 54.1 Å². The van der Waals surface area contributed by atoms with E-state index in [1.165, 1.54) is 0 Å². The van der Waals surface area contributed by atoms with Crippen molar-refractivity contribution < 1.29 is 9.53 Å². The summed E-state index contributed by atoms with van der Waals surface area (Å²) in [7, 11) is 1.63. The van der Waals surface area contributed by atoms with Crippen molar-refractivity contribution in [1.82, 2.24) is 20.1 Å². The number of amides is 1. The molecule has 0 radical (unpaired) electrons. The molecule has 0 saturated carbocycles. The zero-order chi connectivity index (χ0) is 20.1. The van der Waals surface area contributed by atoms with Gasteiger partial charge in [-0.15, -0.1) is 0 Å². The number of hydrogen-bond acceptors (Lipinski definition) is 4. The van der Waals surface area contributed by atoms with Gasteiger partial charge in [0.2, 0.25) is 0 Å². The van der Waals surface area contributed by atoms with Gasteiger partial charge in [-0.3, -0.25) is 9.78 Å². The van der Waals surface area contributed by atoms with Gasteiger partial charge in [0, 0.05) is 24.5 Å². The van der Waals surface area contributed by atoms with Gasteiger partial charge in [-0.25, -0.2) is 4.68 Å². The van der Waals surface area contributed by atoms with Crippen molar-refractivity contribution in [2.45, 2.75) is 6.54 Å². The van der Waals surface area contributed by atoms with Crippen molar-refractivity contribution in [1.29, 1.82) is 0 Å². The Kier molecular flexibility index (Phi) is 5.33. The van der Waals surface area contributed by atoms with Crippen LogP contribution in [0.4, 0.5) is 0 Å². The second-order valence-corrected chi connectivity index (χ2v) is 6.43. The lowest BCUT2D eigenvalue weighted by Crippen LogP contribution is -2.25. The van der Waals surface area contributed by atoms with E-state index >= 15 is 0 Å². The second-order valence-electron chi connectivity index (χ2n) is 6.43. The van der Waals surface area contributed by atoms with E-state index < -0.39 is 0 Å². The Bertz CT molecular complexity index is 1090. The lowest BCUT2D eigenvalue weighted by atomic mass is 10.1. The standard InChI is InChI=1S/C23H20N4O2/c1-29-20-11-9-18(10-12-20)21-14-22(27(26-21)19-7-3-2-4-8-19)23(28)25-16-17-6-5-13-24-15-17/h2-15H,16H2,1H3,(H,25,28). The number of para-hydroxylation sites is 1. The molecular weight excluding hydrogens is 364 g/mol. The number of pyridine rings is 1. The van der Waals surface area contributed by atoms with Gasteiger partial charge >= 0.3 is 0 Å². The molecule has 0 aliphatic heterocycles. The van der Waals surface area contributed by atoms with Gasteiger partial charge in [0.1, 0.15) is 11.4 Å². The third kappa shape index (κ3) is 4.16. The maximum atomic E-state index is 12.9. The summed E-state index contributed by atoms with van der Waals surface area (Å²) in [6.07, 6.45) is 3.44. The number of methoxy groups -OCH3 is 1. The molecule has 6 nitrogen and oxygen atoms in total. The number of carbonyl (C=O) groups excluding carboxylic acids is 1. The summed E-state index contributed by atoms with van der Waals surface area (Å²) in [6.45, 7) is 0.393. The van der Waals surface area contributed by atoms with E-state index in [1.807, 2.05) is 66.7 Å². The van der Waals surface area contributed by atoms with Crippen LogP contribution >= 0.6 is 0 Å². The molecule has 1 N–H and O–H groups in total. The predicted octanol–water partition coefficient (Wildman–Crippen LogP) is 3.87. The molecule has 4 rings (SSSR count). The average Bonchev–Trinajstić information content (AvgIpc) is 3.24. The molecule has 0 aliphatic rings.